The summed E-state index contributed by atoms with van der Waals surface area (Å²) < 4.78 is 12.4. The molecular formula is C23H24BrCl2NO2. The number of nitrogens with one attached hydrogen (secondary N) is 1. The van der Waals surface area contributed by atoms with Crippen LogP contribution in [-0.4, -0.2) is 13.7 Å². The van der Waals surface area contributed by atoms with Crippen LogP contribution in [0.2, 0.25) is 5.02 Å². The molecular weight excluding hydrogens is 473 g/mol. The highest BCUT2D eigenvalue weighted by atomic mass is 79.9. The van der Waals surface area contributed by atoms with Crippen molar-refractivity contribution in [3.63, 3.8) is 0 Å². The summed E-state index contributed by atoms with van der Waals surface area (Å²) in [6.07, 6.45) is 1.00. The van der Waals surface area contributed by atoms with Crippen molar-refractivity contribution in [2.24, 2.45) is 0 Å². The summed E-state index contributed by atoms with van der Waals surface area (Å²) in [5, 5.41) is 4.20. The predicted octanol–water partition coefficient (Wildman–Crippen LogP) is 6.44. The molecule has 3 nitrogen and oxygen atoms in total. The molecule has 29 heavy (non-hydrogen) atoms. The molecule has 0 aromatic heterocycles. The number of benzene rings is 3. The molecule has 0 spiro atoms. The molecule has 154 valence electrons. The third kappa shape index (κ3) is 7.23. The second-order valence-corrected chi connectivity index (χ2v) is 7.73. The van der Waals surface area contributed by atoms with Gasteiger partial charge in [0.15, 0.2) is 11.5 Å². The van der Waals surface area contributed by atoms with E-state index in [0.717, 1.165) is 35.1 Å². The molecule has 0 saturated carbocycles. The molecule has 0 aliphatic carbocycles. The quantitative estimate of drug-likeness (QED) is 0.345. The van der Waals surface area contributed by atoms with Crippen molar-refractivity contribution in [1.29, 1.82) is 0 Å². The Bertz CT molecular complexity index is 889. The van der Waals surface area contributed by atoms with E-state index in [1.165, 1.54) is 5.56 Å². The molecule has 0 unspecified atom stereocenters. The molecule has 0 aliphatic heterocycles. The minimum atomic E-state index is 0. The van der Waals surface area contributed by atoms with Gasteiger partial charge in [-0.15, -0.1) is 12.4 Å². The molecule has 6 heteroatoms. The first-order valence-electron chi connectivity index (χ1n) is 9.14. The summed E-state index contributed by atoms with van der Waals surface area (Å²) in [5.41, 5.74) is 3.51. The topological polar surface area (TPSA) is 30.5 Å². The van der Waals surface area contributed by atoms with Crippen molar-refractivity contribution < 1.29 is 9.47 Å². The Morgan fingerprint density at radius 2 is 1.66 bits per heavy atom. The highest BCUT2D eigenvalue weighted by Crippen LogP contribution is 2.37. The molecule has 0 saturated heterocycles. The first-order chi connectivity index (χ1) is 13.7. The van der Waals surface area contributed by atoms with Crippen molar-refractivity contribution >= 4 is 39.9 Å². The average molecular weight is 497 g/mol. The fraction of sp³-hybridized carbons (Fsp3) is 0.217. The van der Waals surface area contributed by atoms with Crippen LogP contribution < -0.4 is 14.8 Å². The summed E-state index contributed by atoms with van der Waals surface area (Å²) in [5.74, 6) is 1.41. The van der Waals surface area contributed by atoms with Crippen LogP contribution in [0.25, 0.3) is 0 Å². The van der Waals surface area contributed by atoms with Gasteiger partial charge in [0.1, 0.15) is 6.61 Å². The van der Waals surface area contributed by atoms with Gasteiger partial charge in [0.2, 0.25) is 0 Å². The Hall–Kier alpha value is -1.72. The molecule has 0 radical (unpaired) electrons. The van der Waals surface area contributed by atoms with Crippen LogP contribution in [0.5, 0.6) is 11.5 Å². The average Bonchev–Trinajstić information content (AvgIpc) is 2.72. The lowest BCUT2D eigenvalue weighted by atomic mass is 10.1. The van der Waals surface area contributed by atoms with E-state index in [1.54, 1.807) is 7.11 Å². The molecule has 3 rings (SSSR count). The van der Waals surface area contributed by atoms with E-state index in [4.69, 9.17) is 21.1 Å². The number of rotatable bonds is 9. The number of hydrogen-bond acceptors (Lipinski definition) is 3. The van der Waals surface area contributed by atoms with E-state index in [0.29, 0.717) is 23.1 Å². The molecule has 0 fully saturated rings. The molecule has 0 heterocycles. The van der Waals surface area contributed by atoms with Gasteiger partial charge in [-0.05, 0) is 69.9 Å². The van der Waals surface area contributed by atoms with Crippen LogP contribution >= 0.6 is 39.9 Å². The maximum Gasteiger partial charge on any atom is 0.175 e. The van der Waals surface area contributed by atoms with Gasteiger partial charge in [-0.1, -0.05) is 54.1 Å². The number of ether oxygens (including phenoxy) is 2. The van der Waals surface area contributed by atoms with E-state index >= 15 is 0 Å². The fourth-order valence-corrected chi connectivity index (χ4v) is 3.59. The fourth-order valence-electron chi connectivity index (χ4n) is 2.86. The molecule has 0 amide bonds. The van der Waals surface area contributed by atoms with Crippen LogP contribution in [-0.2, 0) is 19.6 Å². The second kappa shape index (κ2) is 12.1. The Morgan fingerprint density at radius 1 is 0.931 bits per heavy atom. The van der Waals surface area contributed by atoms with Crippen LogP contribution in [0, 0.1) is 0 Å². The summed E-state index contributed by atoms with van der Waals surface area (Å²) in [6.45, 7) is 2.12. The number of hydrogen-bond donors (Lipinski definition) is 1. The van der Waals surface area contributed by atoms with Crippen molar-refractivity contribution in [3.8, 4) is 11.5 Å². The lowest BCUT2D eigenvalue weighted by Crippen LogP contribution is -2.16. The van der Waals surface area contributed by atoms with Gasteiger partial charge < -0.3 is 14.8 Å². The van der Waals surface area contributed by atoms with E-state index in [2.05, 4.69) is 51.6 Å². The molecule has 0 atom stereocenters. The van der Waals surface area contributed by atoms with Crippen LogP contribution in [0.4, 0.5) is 0 Å². The maximum atomic E-state index is 5.99. The first kappa shape index (κ1) is 23.6. The largest absolute Gasteiger partial charge is 0.493 e. The standard InChI is InChI=1S/C23H23BrClNO2.ClH/c1-27-22-14-19(15-26-12-11-17-5-3-2-4-6-17)13-21(24)23(22)28-16-18-7-9-20(25)10-8-18;/h2-10,13-14,26H,11-12,15-16H2,1H3;1H. The third-order valence-electron chi connectivity index (χ3n) is 4.35. The Labute approximate surface area is 191 Å². The number of halogens is 3. The summed E-state index contributed by atoms with van der Waals surface area (Å²) in [4.78, 5) is 0. The summed E-state index contributed by atoms with van der Waals surface area (Å²) in [6, 6.07) is 22.2. The van der Waals surface area contributed by atoms with Crippen LogP contribution in [0.3, 0.4) is 0 Å². The van der Waals surface area contributed by atoms with E-state index < -0.39 is 0 Å². The van der Waals surface area contributed by atoms with Gasteiger partial charge in [-0.25, -0.2) is 0 Å². The third-order valence-corrected chi connectivity index (χ3v) is 5.19. The molecule has 1 N–H and O–H groups in total. The van der Waals surface area contributed by atoms with E-state index in [1.807, 2.05) is 36.4 Å². The molecule has 3 aromatic rings. The normalized spacial score (nSPS) is 10.3. The van der Waals surface area contributed by atoms with Gasteiger partial charge >= 0.3 is 0 Å². The maximum absolute atomic E-state index is 5.99. The highest BCUT2D eigenvalue weighted by Gasteiger charge is 2.12. The lowest BCUT2D eigenvalue weighted by molar-refractivity contribution is 0.282. The predicted molar refractivity (Wildman–Crippen MR) is 126 cm³/mol. The summed E-state index contributed by atoms with van der Waals surface area (Å²) in [7, 11) is 1.66. The van der Waals surface area contributed by atoms with Gasteiger partial charge in [0, 0.05) is 11.6 Å². The lowest BCUT2D eigenvalue weighted by Gasteiger charge is -2.15. The van der Waals surface area contributed by atoms with Gasteiger partial charge in [0.25, 0.3) is 0 Å². The molecule has 0 bridgehead atoms. The van der Waals surface area contributed by atoms with Crippen LogP contribution in [0.15, 0.2) is 71.2 Å². The minimum absolute atomic E-state index is 0. The van der Waals surface area contributed by atoms with Crippen molar-refractivity contribution in [1.82, 2.24) is 5.32 Å². The van der Waals surface area contributed by atoms with Gasteiger partial charge in [0.05, 0.1) is 11.6 Å². The number of methoxy groups -OCH3 is 1. The zero-order valence-corrected chi connectivity index (χ0v) is 19.3. The Morgan fingerprint density at radius 3 is 2.34 bits per heavy atom. The first-order valence-corrected chi connectivity index (χ1v) is 10.3. The highest BCUT2D eigenvalue weighted by molar-refractivity contribution is 9.10. The van der Waals surface area contributed by atoms with E-state index in [-0.39, 0.29) is 12.4 Å². The van der Waals surface area contributed by atoms with Gasteiger partial charge in [-0.3, -0.25) is 0 Å². The summed E-state index contributed by atoms with van der Waals surface area (Å²) >= 11 is 9.55. The smallest absolute Gasteiger partial charge is 0.175 e. The van der Waals surface area contributed by atoms with E-state index in [9.17, 15) is 0 Å². The van der Waals surface area contributed by atoms with Crippen molar-refractivity contribution in [3.05, 3.63) is 92.9 Å². The Balaban J connectivity index is 0.00000300. The minimum Gasteiger partial charge on any atom is -0.493 e. The monoisotopic (exact) mass is 495 g/mol. The van der Waals surface area contributed by atoms with Crippen LogP contribution in [0.1, 0.15) is 16.7 Å². The molecule has 0 aliphatic rings. The second-order valence-electron chi connectivity index (χ2n) is 6.44. The molecule has 3 aromatic carbocycles. The zero-order chi connectivity index (χ0) is 19.8. The van der Waals surface area contributed by atoms with Gasteiger partial charge in [-0.2, -0.15) is 0 Å². The Kier molecular flexibility index (Phi) is 9.82. The van der Waals surface area contributed by atoms with Crippen molar-refractivity contribution in [2.75, 3.05) is 13.7 Å². The van der Waals surface area contributed by atoms with Crippen molar-refractivity contribution in [2.45, 2.75) is 19.6 Å². The zero-order valence-electron chi connectivity index (χ0n) is 16.2. The SMILES string of the molecule is COc1cc(CNCCc2ccccc2)cc(Br)c1OCc1ccc(Cl)cc1.Cl.